The highest BCUT2D eigenvalue weighted by molar-refractivity contribution is 5.97. The van der Waals surface area contributed by atoms with Gasteiger partial charge in [0.15, 0.2) is 5.76 Å². The second-order valence-electron chi connectivity index (χ2n) is 4.51. The minimum atomic E-state index is -0.196. The summed E-state index contributed by atoms with van der Waals surface area (Å²) in [6, 6.07) is 13.3. The van der Waals surface area contributed by atoms with E-state index < -0.39 is 0 Å². The van der Waals surface area contributed by atoms with E-state index in [1.807, 2.05) is 49.3 Å². The van der Waals surface area contributed by atoms with Gasteiger partial charge in [-0.3, -0.25) is 9.69 Å². The number of hydrogen-bond donors (Lipinski definition) is 0. The number of carbonyl (C=O) groups excluding carboxylic acids is 1. The third kappa shape index (κ3) is 3.94. The van der Waals surface area contributed by atoms with E-state index in [-0.39, 0.29) is 24.2 Å². The van der Waals surface area contributed by atoms with Crippen molar-refractivity contribution in [3.8, 4) is 0 Å². The van der Waals surface area contributed by atoms with Crippen molar-refractivity contribution in [1.29, 1.82) is 0 Å². The van der Waals surface area contributed by atoms with E-state index in [9.17, 15) is 4.79 Å². The maximum absolute atomic E-state index is 12.3. The second kappa shape index (κ2) is 7.12. The van der Waals surface area contributed by atoms with E-state index in [0.717, 1.165) is 5.56 Å². The Bertz CT molecular complexity index is 494. The van der Waals surface area contributed by atoms with Crippen LogP contribution in [0.25, 0.3) is 0 Å². The maximum Gasteiger partial charge on any atom is 0.215 e. The summed E-state index contributed by atoms with van der Waals surface area (Å²) in [4.78, 5) is 14.2. The summed E-state index contributed by atoms with van der Waals surface area (Å²) in [5.41, 5.74) is 1.15. The maximum atomic E-state index is 12.3. The van der Waals surface area contributed by atoms with Crippen LogP contribution in [-0.2, 0) is 6.42 Å². The molecule has 1 atom stereocenters. The fourth-order valence-electron chi connectivity index (χ4n) is 1.93. The molecule has 0 saturated carbocycles. The van der Waals surface area contributed by atoms with Gasteiger partial charge in [-0.05, 0) is 38.2 Å². The first-order valence-electron chi connectivity index (χ1n) is 5.96. The van der Waals surface area contributed by atoms with Gasteiger partial charge < -0.3 is 4.42 Å². The summed E-state index contributed by atoms with van der Waals surface area (Å²) < 4.78 is 5.19. The van der Waals surface area contributed by atoms with Crippen molar-refractivity contribution in [2.45, 2.75) is 12.5 Å². The van der Waals surface area contributed by atoms with Gasteiger partial charge in [0.25, 0.3) is 0 Å². The van der Waals surface area contributed by atoms with Crippen LogP contribution in [0.2, 0.25) is 0 Å². The molecule has 0 aliphatic rings. The largest absolute Gasteiger partial charge is 0.461 e. The highest BCUT2D eigenvalue weighted by Crippen LogP contribution is 2.13. The molecule has 0 saturated heterocycles. The predicted molar refractivity (Wildman–Crippen MR) is 77.9 cm³/mol. The molecule has 0 N–H and O–H groups in total. The fourth-order valence-corrected chi connectivity index (χ4v) is 1.93. The van der Waals surface area contributed by atoms with Crippen LogP contribution in [0.15, 0.2) is 53.1 Å². The summed E-state index contributed by atoms with van der Waals surface area (Å²) in [6.45, 7) is 0. The van der Waals surface area contributed by atoms with E-state index in [2.05, 4.69) is 0 Å². The molecule has 0 aliphatic heterocycles. The van der Waals surface area contributed by atoms with Crippen LogP contribution in [0.3, 0.4) is 0 Å². The summed E-state index contributed by atoms with van der Waals surface area (Å²) >= 11 is 0. The Balaban J connectivity index is 0.00000180. The molecule has 0 aliphatic carbocycles. The topological polar surface area (TPSA) is 33.5 Å². The molecule has 2 aromatic rings. The van der Waals surface area contributed by atoms with Gasteiger partial charge >= 0.3 is 0 Å². The SMILES string of the molecule is CN(C)C(Cc1ccccc1)C(=O)c1ccco1.Cl. The molecule has 1 heterocycles. The first-order chi connectivity index (χ1) is 8.68. The molecule has 19 heavy (non-hydrogen) atoms. The summed E-state index contributed by atoms with van der Waals surface area (Å²) in [5.74, 6) is 0.443. The molecule has 1 aromatic heterocycles. The number of nitrogens with zero attached hydrogens (tertiary/aromatic N) is 1. The number of hydrogen-bond acceptors (Lipinski definition) is 3. The van der Waals surface area contributed by atoms with Gasteiger partial charge in [0.05, 0.1) is 12.3 Å². The Morgan fingerprint density at radius 1 is 1.16 bits per heavy atom. The molecule has 0 amide bonds. The molecule has 0 spiro atoms. The van der Waals surface area contributed by atoms with Crippen LogP contribution in [0, 0.1) is 0 Å². The molecule has 1 unspecified atom stereocenters. The summed E-state index contributed by atoms with van der Waals surface area (Å²) in [7, 11) is 3.82. The van der Waals surface area contributed by atoms with Gasteiger partial charge in [-0.15, -0.1) is 12.4 Å². The van der Waals surface area contributed by atoms with E-state index in [1.165, 1.54) is 6.26 Å². The average molecular weight is 280 g/mol. The number of likely N-dealkylation sites (N-methyl/N-ethyl adjacent to an activating group) is 1. The smallest absolute Gasteiger partial charge is 0.215 e. The monoisotopic (exact) mass is 279 g/mol. The van der Waals surface area contributed by atoms with Crippen LogP contribution < -0.4 is 0 Å². The Kier molecular flexibility index (Phi) is 5.80. The van der Waals surface area contributed by atoms with E-state index in [0.29, 0.717) is 12.2 Å². The van der Waals surface area contributed by atoms with Crippen LogP contribution in [-0.4, -0.2) is 30.8 Å². The molecule has 102 valence electrons. The first-order valence-corrected chi connectivity index (χ1v) is 5.96. The second-order valence-corrected chi connectivity index (χ2v) is 4.51. The number of ketones is 1. The van der Waals surface area contributed by atoms with Crippen molar-refractivity contribution in [3.63, 3.8) is 0 Å². The molecule has 1 aromatic carbocycles. The highest BCUT2D eigenvalue weighted by Gasteiger charge is 2.24. The molecular formula is C15H18ClNO2. The lowest BCUT2D eigenvalue weighted by atomic mass is 10.0. The zero-order chi connectivity index (χ0) is 13.0. The fraction of sp³-hybridized carbons (Fsp3) is 0.267. The summed E-state index contributed by atoms with van der Waals surface area (Å²) in [5, 5.41) is 0. The lowest BCUT2D eigenvalue weighted by Gasteiger charge is -2.22. The first kappa shape index (κ1) is 15.5. The normalized spacial score (nSPS) is 11.9. The van der Waals surface area contributed by atoms with Gasteiger partial charge in [-0.2, -0.15) is 0 Å². The molecule has 0 bridgehead atoms. The van der Waals surface area contributed by atoms with Gasteiger partial charge in [-0.25, -0.2) is 0 Å². The number of Topliss-reactive ketones (excluding diaryl/α,β-unsaturated/α-hetero) is 1. The molecule has 3 nitrogen and oxygen atoms in total. The van der Waals surface area contributed by atoms with Gasteiger partial charge in [0.2, 0.25) is 5.78 Å². The standard InChI is InChI=1S/C15H17NO2.ClH/c1-16(2)13(11-12-7-4-3-5-8-12)15(17)14-9-6-10-18-14;/h3-10,13H,11H2,1-2H3;1H. The minimum Gasteiger partial charge on any atom is -0.461 e. The van der Waals surface area contributed by atoms with Crippen molar-refractivity contribution < 1.29 is 9.21 Å². The number of benzene rings is 1. The Morgan fingerprint density at radius 3 is 2.37 bits per heavy atom. The lowest BCUT2D eigenvalue weighted by molar-refractivity contribution is 0.0846. The van der Waals surface area contributed by atoms with Crippen molar-refractivity contribution in [2.24, 2.45) is 0 Å². The van der Waals surface area contributed by atoms with Gasteiger partial charge in [-0.1, -0.05) is 30.3 Å². The number of carbonyl (C=O) groups is 1. The van der Waals surface area contributed by atoms with Crippen LogP contribution in [0.4, 0.5) is 0 Å². The van der Waals surface area contributed by atoms with Crippen molar-refractivity contribution >= 4 is 18.2 Å². The third-order valence-electron chi connectivity index (χ3n) is 2.96. The van der Waals surface area contributed by atoms with Crippen molar-refractivity contribution in [1.82, 2.24) is 4.90 Å². The number of rotatable bonds is 5. The third-order valence-corrected chi connectivity index (χ3v) is 2.96. The lowest BCUT2D eigenvalue weighted by Crippen LogP contribution is -2.37. The predicted octanol–water partition coefficient (Wildman–Crippen LogP) is 3.06. The average Bonchev–Trinajstić information content (AvgIpc) is 2.90. The van der Waals surface area contributed by atoms with Gasteiger partial charge in [0.1, 0.15) is 0 Å². The van der Waals surface area contributed by atoms with Crippen molar-refractivity contribution in [3.05, 3.63) is 60.1 Å². The van der Waals surface area contributed by atoms with Crippen LogP contribution in [0.1, 0.15) is 16.1 Å². The number of furan rings is 1. The number of halogens is 1. The Labute approximate surface area is 119 Å². The highest BCUT2D eigenvalue weighted by atomic mass is 35.5. The minimum absolute atomic E-state index is 0. The Hall–Kier alpha value is -1.58. The molecule has 0 radical (unpaired) electrons. The summed E-state index contributed by atoms with van der Waals surface area (Å²) in [6.07, 6.45) is 2.22. The van der Waals surface area contributed by atoms with Crippen LogP contribution >= 0.6 is 12.4 Å². The Morgan fingerprint density at radius 2 is 1.84 bits per heavy atom. The molecular weight excluding hydrogens is 262 g/mol. The quantitative estimate of drug-likeness (QED) is 0.789. The molecule has 0 fully saturated rings. The molecule has 2 rings (SSSR count). The zero-order valence-corrected chi connectivity index (χ0v) is 11.9. The van der Waals surface area contributed by atoms with Crippen molar-refractivity contribution in [2.75, 3.05) is 14.1 Å². The van der Waals surface area contributed by atoms with Gasteiger partial charge in [0, 0.05) is 0 Å². The molecule has 4 heteroatoms. The van der Waals surface area contributed by atoms with Crippen LogP contribution in [0.5, 0.6) is 0 Å². The van der Waals surface area contributed by atoms with E-state index in [1.54, 1.807) is 12.1 Å². The zero-order valence-electron chi connectivity index (χ0n) is 11.1. The van der Waals surface area contributed by atoms with E-state index in [4.69, 9.17) is 4.42 Å². The van der Waals surface area contributed by atoms with E-state index >= 15 is 0 Å².